The van der Waals surface area contributed by atoms with E-state index >= 15 is 0 Å². The van der Waals surface area contributed by atoms with Crippen molar-refractivity contribution in [3.63, 3.8) is 0 Å². The van der Waals surface area contributed by atoms with Gasteiger partial charge in [0.15, 0.2) is 0 Å². The molecular weight excluding hydrogens is 220 g/mol. The molecule has 1 N–H and O–H groups in total. The zero-order valence-corrected chi connectivity index (χ0v) is 11.5. The van der Waals surface area contributed by atoms with Crippen LogP contribution in [0.2, 0.25) is 0 Å². The van der Waals surface area contributed by atoms with Gasteiger partial charge in [-0.1, -0.05) is 44.5 Å². The van der Waals surface area contributed by atoms with E-state index in [4.69, 9.17) is 0 Å². The van der Waals surface area contributed by atoms with Crippen molar-refractivity contribution in [2.24, 2.45) is 11.8 Å². The second-order valence-electron chi connectivity index (χ2n) is 6.69. The minimum absolute atomic E-state index is 0.535. The minimum Gasteiger partial charge on any atom is -0.385 e. The quantitative estimate of drug-likeness (QED) is 0.844. The predicted molar refractivity (Wildman–Crippen MR) is 74.5 cm³/mol. The predicted octanol–water partition coefficient (Wildman–Crippen LogP) is 4.21. The summed E-state index contributed by atoms with van der Waals surface area (Å²) in [6.07, 6.45) is 5.95. The number of hydrogen-bond acceptors (Lipinski definition) is 1. The molecule has 0 spiro atoms. The summed E-state index contributed by atoms with van der Waals surface area (Å²) in [5.41, 5.74) is 2.06. The number of aliphatic hydroxyl groups is 1. The van der Waals surface area contributed by atoms with E-state index in [9.17, 15) is 5.11 Å². The second kappa shape index (κ2) is 4.38. The fourth-order valence-electron chi connectivity index (χ4n) is 3.32. The molecule has 0 bridgehead atoms. The highest BCUT2D eigenvalue weighted by Gasteiger charge is 2.44. The molecule has 0 unspecified atom stereocenters. The van der Waals surface area contributed by atoms with Gasteiger partial charge in [0, 0.05) is 0 Å². The maximum Gasteiger partial charge on any atom is 0.0902 e. The molecule has 0 atom stereocenters. The molecule has 2 fully saturated rings. The van der Waals surface area contributed by atoms with Crippen LogP contribution in [0.15, 0.2) is 24.3 Å². The molecule has 1 aromatic rings. The smallest absolute Gasteiger partial charge is 0.0902 e. The van der Waals surface area contributed by atoms with Crippen molar-refractivity contribution < 1.29 is 5.11 Å². The van der Waals surface area contributed by atoms with Gasteiger partial charge >= 0.3 is 0 Å². The van der Waals surface area contributed by atoms with Crippen LogP contribution in [-0.4, -0.2) is 5.11 Å². The van der Waals surface area contributed by atoms with Crippen molar-refractivity contribution in [2.45, 2.75) is 57.5 Å². The van der Waals surface area contributed by atoms with Gasteiger partial charge in [-0.15, -0.1) is 0 Å². The lowest BCUT2D eigenvalue weighted by atomic mass is 9.63. The van der Waals surface area contributed by atoms with Crippen LogP contribution in [0.4, 0.5) is 0 Å². The average Bonchev–Trinajstić information content (AvgIpc) is 2.23. The monoisotopic (exact) mass is 244 g/mol. The Morgan fingerprint density at radius 3 is 2.17 bits per heavy atom. The van der Waals surface area contributed by atoms with Gasteiger partial charge in [-0.2, -0.15) is 0 Å². The molecule has 98 valence electrons. The topological polar surface area (TPSA) is 20.2 Å². The SMILES string of the molecule is CC(C)C1CC(O)(c2ccc(C3CCC3)cc2)C1. The average molecular weight is 244 g/mol. The van der Waals surface area contributed by atoms with Gasteiger partial charge in [0.2, 0.25) is 0 Å². The van der Waals surface area contributed by atoms with Crippen molar-refractivity contribution in [2.75, 3.05) is 0 Å². The molecule has 0 aromatic heterocycles. The van der Waals surface area contributed by atoms with Gasteiger partial charge in [-0.25, -0.2) is 0 Å². The van der Waals surface area contributed by atoms with Crippen molar-refractivity contribution in [3.8, 4) is 0 Å². The molecule has 0 amide bonds. The fourth-order valence-corrected chi connectivity index (χ4v) is 3.32. The third-order valence-electron chi connectivity index (χ3n) is 5.17. The highest BCUT2D eigenvalue weighted by atomic mass is 16.3. The first kappa shape index (κ1) is 12.2. The Balaban J connectivity index is 1.69. The van der Waals surface area contributed by atoms with E-state index in [1.54, 1.807) is 0 Å². The maximum atomic E-state index is 10.6. The Morgan fingerprint density at radius 1 is 1.11 bits per heavy atom. The molecule has 2 saturated carbocycles. The number of rotatable bonds is 3. The van der Waals surface area contributed by atoms with Crippen molar-refractivity contribution in [1.29, 1.82) is 0 Å². The van der Waals surface area contributed by atoms with E-state index in [-0.39, 0.29) is 0 Å². The summed E-state index contributed by atoms with van der Waals surface area (Å²) in [6, 6.07) is 8.79. The van der Waals surface area contributed by atoms with Crippen molar-refractivity contribution in [3.05, 3.63) is 35.4 Å². The molecule has 1 heteroatoms. The van der Waals surface area contributed by atoms with Crippen LogP contribution in [0.1, 0.15) is 63.0 Å². The highest BCUT2D eigenvalue weighted by Crippen LogP contribution is 2.49. The summed E-state index contributed by atoms with van der Waals surface area (Å²) in [7, 11) is 0. The summed E-state index contributed by atoms with van der Waals surface area (Å²) in [5.74, 6) is 2.18. The van der Waals surface area contributed by atoms with E-state index in [2.05, 4.69) is 38.1 Å². The van der Waals surface area contributed by atoms with Crippen LogP contribution in [0.25, 0.3) is 0 Å². The van der Waals surface area contributed by atoms with E-state index in [0.717, 1.165) is 24.3 Å². The zero-order chi connectivity index (χ0) is 12.8. The summed E-state index contributed by atoms with van der Waals surface area (Å²) in [6.45, 7) is 4.51. The van der Waals surface area contributed by atoms with E-state index < -0.39 is 5.60 Å². The highest BCUT2D eigenvalue weighted by molar-refractivity contribution is 5.31. The van der Waals surface area contributed by atoms with Crippen LogP contribution in [0.5, 0.6) is 0 Å². The van der Waals surface area contributed by atoms with E-state index in [1.165, 1.54) is 24.8 Å². The Labute approximate surface area is 110 Å². The Bertz CT molecular complexity index is 408. The van der Waals surface area contributed by atoms with Gasteiger partial charge in [-0.05, 0) is 54.6 Å². The lowest BCUT2D eigenvalue weighted by Gasteiger charge is -2.46. The molecule has 1 nitrogen and oxygen atoms in total. The van der Waals surface area contributed by atoms with Crippen molar-refractivity contribution >= 4 is 0 Å². The van der Waals surface area contributed by atoms with E-state index in [0.29, 0.717) is 11.8 Å². The molecule has 1 aromatic carbocycles. The van der Waals surface area contributed by atoms with Crippen molar-refractivity contribution in [1.82, 2.24) is 0 Å². The number of hydrogen-bond donors (Lipinski definition) is 1. The molecule has 2 aliphatic carbocycles. The Kier molecular flexibility index (Phi) is 2.97. The van der Waals surface area contributed by atoms with Crippen LogP contribution < -0.4 is 0 Å². The van der Waals surface area contributed by atoms with Crippen LogP contribution in [0, 0.1) is 11.8 Å². The van der Waals surface area contributed by atoms with Crippen LogP contribution in [0.3, 0.4) is 0 Å². The summed E-state index contributed by atoms with van der Waals surface area (Å²) >= 11 is 0. The minimum atomic E-state index is -0.535. The van der Waals surface area contributed by atoms with Crippen LogP contribution >= 0.6 is 0 Å². The number of benzene rings is 1. The maximum absolute atomic E-state index is 10.6. The molecule has 0 radical (unpaired) electrons. The zero-order valence-electron chi connectivity index (χ0n) is 11.5. The summed E-state index contributed by atoms with van der Waals surface area (Å²) < 4.78 is 0. The molecule has 2 aliphatic rings. The third-order valence-corrected chi connectivity index (χ3v) is 5.17. The molecule has 0 heterocycles. The van der Waals surface area contributed by atoms with Gasteiger partial charge in [0.05, 0.1) is 5.60 Å². The van der Waals surface area contributed by atoms with Gasteiger partial charge in [0.1, 0.15) is 0 Å². The molecule has 0 saturated heterocycles. The largest absolute Gasteiger partial charge is 0.385 e. The normalized spacial score (nSPS) is 32.1. The van der Waals surface area contributed by atoms with Gasteiger partial charge in [-0.3, -0.25) is 0 Å². The van der Waals surface area contributed by atoms with Gasteiger partial charge in [0.25, 0.3) is 0 Å². The fraction of sp³-hybridized carbons (Fsp3) is 0.647. The standard InChI is InChI=1S/C17H24O/c1-12(2)15-10-17(18,11-15)16-8-6-14(7-9-16)13-4-3-5-13/h6-9,12-13,15,18H,3-5,10-11H2,1-2H3. The molecule has 0 aliphatic heterocycles. The summed E-state index contributed by atoms with van der Waals surface area (Å²) in [4.78, 5) is 0. The lowest BCUT2D eigenvalue weighted by Crippen LogP contribution is -2.43. The van der Waals surface area contributed by atoms with E-state index in [1.807, 2.05) is 0 Å². The second-order valence-corrected chi connectivity index (χ2v) is 6.69. The molecule has 3 rings (SSSR count). The van der Waals surface area contributed by atoms with Gasteiger partial charge < -0.3 is 5.11 Å². The third kappa shape index (κ3) is 1.99. The molecular formula is C17H24O. The summed E-state index contributed by atoms with van der Waals surface area (Å²) in [5, 5.41) is 10.6. The molecule has 18 heavy (non-hydrogen) atoms. The Hall–Kier alpha value is -0.820. The first-order valence-corrected chi connectivity index (χ1v) is 7.41. The lowest BCUT2D eigenvalue weighted by molar-refractivity contribution is -0.0933. The first-order chi connectivity index (χ1) is 8.58. The first-order valence-electron chi connectivity index (χ1n) is 7.41. The Morgan fingerprint density at radius 2 is 1.72 bits per heavy atom. The van der Waals surface area contributed by atoms with Crippen LogP contribution in [-0.2, 0) is 5.60 Å².